The number of ether oxygens (including phenoxy) is 1. The summed E-state index contributed by atoms with van der Waals surface area (Å²) in [7, 11) is 0. The Hall–Kier alpha value is -0.320. The molecule has 5 heteroatoms. The molecule has 0 aliphatic rings. The lowest BCUT2D eigenvalue weighted by molar-refractivity contribution is -0.126. The fourth-order valence-corrected chi connectivity index (χ4v) is 1.56. The lowest BCUT2D eigenvalue weighted by atomic mass is 9.96. The van der Waals surface area contributed by atoms with Gasteiger partial charge < -0.3 is 15.8 Å². The molecule has 0 heterocycles. The zero-order chi connectivity index (χ0) is 13.1. The van der Waals surface area contributed by atoms with Crippen LogP contribution in [0.3, 0.4) is 0 Å². The summed E-state index contributed by atoms with van der Waals surface area (Å²) in [6.07, 6.45) is 4.73. The molecule has 0 spiro atoms. The number of rotatable bonds is 10. The highest BCUT2D eigenvalue weighted by molar-refractivity contribution is 5.85. The molecular weight excluding hydrogens is 252 g/mol. The Labute approximate surface area is 117 Å². The molecule has 0 aliphatic carbocycles. The van der Waals surface area contributed by atoms with Crippen LogP contribution in [0.25, 0.3) is 0 Å². The van der Waals surface area contributed by atoms with E-state index >= 15 is 0 Å². The molecule has 0 radical (unpaired) electrons. The number of carbonyl (C=O) groups excluding carboxylic acids is 1. The zero-order valence-corrected chi connectivity index (χ0v) is 12.8. The molecule has 0 bridgehead atoms. The molecule has 1 unspecified atom stereocenters. The molecule has 0 saturated heterocycles. The van der Waals surface area contributed by atoms with E-state index in [1.54, 1.807) is 6.92 Å². The number of halogens is 1. The van der Waals surface area contributed by atoms with Gasteiger partial charge in [-0.3, -0.25) is 4.79 Å². The van der Waals surface area contributed by atoms with Crippen molar-refractivity contribution < 1.29 is 9.53 Å². The SMILES string of the molecule is CCCCOCCCNC(=O)C(C)(N)CCC.Cl. The van der Waals surface area contributed by atoms with E-state index in [1.807, 2.05) is 6.92 Å². The summed E-state index contributed by atoms with van der Waals surface area (Å²) in [5.41, 5.74) is 5.17. The van der Waals surface area contributed by atoms with Crippen LogP contribution in [0.5, 0.6) is 0 Å². The van der Waals surface area contributed by atoms with E-state index in [0.717, 1.165) is 32.3 Å². The van der Waals surface area contributed by atoms with Gasteiger partial charge in [0.15, 0.2) is 0 Å². The number of amides is 1. The first kappa shape index (κ1) is 20.0. The number of unbranched alkanes of at least 4 members (excludes halogenated alkanes) is 1. The monoisotopic (exact) mass is 280 g/mol. The minimum absolute atomic E-state index is 0. The second kappa shape index (κ2) is 11.8. The number of carbonyl (C=O) groups is 1. The van der Waals surface area contributed by atoms with Gasteiger partial charge in [-0.15, -0.1) is 12.4 Å². The van der Waals surface area contributed by atoms with Crippen molar-refractivity contribution in [3.8, 4) is 0 Å². The molecule has 3 N–H and O–H groups in total. The molecule has 0 saturated carbocycles. The first-order chi connectivity index (χ1) is 8.04. The molecule has 1 atom stereocenters. The first-order valence-corrected chi connectivity index (χ1v) is 6.69. The van der Waals surface area contributed by atoms with Crippen molar-refractivity contribution in [3.63, 3.8) is 0 Å². The smallest absolute Gasteiger partial charge is 0.239 e. The summed E-state index contributed by atoms with van der Waals surface area (Å²) in [5, 5.41) is 2.85. The van der Waals surface area contributed by atoms with E-state index in [9.17, 15) is 4.79 Å². The average Bonchev–Trinajstić information content (AvgIpc) is 2.27. The molecule has 0 rings (SSSR count). The Balaban J connectivity index is 0. The third-order valence-corrected chi connectivity index (χ3v) is 2.68. The van der Waals surface area contributed by atoms with E-state index in [1.165, 1.54) is 0 Å². The van der Waals surface area contributed by atoms with Gasteiger partial charge in [-0.25, -0.2) is 0 Å². The standard InChI is InChI=1S/C13H28N2O2.ClH/c1-4-6-10-17-11-7-9-15-12(16)13(3,14)8-5-2;/h4-11,14H2,1-3H3,(H,15,16);1H. The van der Waals surface area contributed by atoms with Crippen molar-refractivity contribution in [1.29, 1.82) is 0 Å². The summed E-state index contributed by atoms with van der Waals surface area (Å²) < 4.78 is 5.41. The molecule has 0 fully saturated rings. The first-order valence-electron chi connectivity index (χ1n) is 6.69. The Bertz CT molecular complexity index is 211. The highest BCUT2D eigenvalue weighted by Gasteiger charge is 2.26. The van der Waals surface area contributed by atoms with Crippen molar-refractivity contribution >= 4 is 18.3 Å². The minimum atomic E-state index is -0.738. The van der Waals surface area contributed by atoms with Crippen molar-refractivity contribution in [3.05, 3.63) is 0 Å². The summed E-state index contributed by atoms with van der Waals surface area (Å²) in [6.45, 7) is 8.11. The second-order valence-corrected chi connectivity index (χ2v) is 4.74. The van der Waals surface area contributed by atoms with Crippen LogP contribution in [0, 0.1) is 0 Å². The van der Waals surface area contributed by atoms with Crippen LogP contribution in [0.2, 0.25) is 0 Å². The minimum Gasteiger partial charge on any atom is -0.381 e. The molecule has 4 nitrogen and oxygen atoms in total. The van der Waals surface area contributed by atoms with Crippen molar-refractivity contribution in [2.24, 2.45) is 5.73 Å². The Kier molecular flexibility index (Phi) is 13.1. The maximum Gasteiger partial charge on any atom is 0.239 e. The Morgan fingerprint density at radius 2 is 1.83 bits per heavy atom. The molecule has 0 aromatic rings. The molecular formula is C13H29ClN2O2. The van der Waals surface area contributed by atoms with Gasteiger partial charge in [0.25, 0.3) is 0 Å². The zero-order valence-electron chi connectivity index (χ0n) is 12.0. The van der Waals surface area contributed by atoms with Crippen LogP contribution in [-0.2, 0) is 9.53 Å². The highest BCUT2D eigenvalue weighted by atomic mass is 35.5. The van der Waals surface area contributed by atoms with Gasteiger partial charge in [0.1, 0.15) is 0 Å². The van der Waals surface area contributed by atoms with Crippen molar-refractivity contribution in [2.45, 2.75) is 58.4 Å². The number of hydrogen-bond acceptors (Lipinski definition) is 3. The van der Waals surface area contributed by atoms with E-state index in [2.05, 4.69) is 12.2 Å². The van der Waals surface area contributed by atoms with Gasteiger partial charge in [0, 0.05) is 19.8 Å². The van der Waals surface area contributed by atoms with E-state index in [0.29, 0.717) is 19.6 Å². The molecule has 1 amide bonds. The molecule has 110 valence electrons. The van der Waals surface area contributed by atoms with Crippen LogP contribution in [0.15, 0.2) is 0 Å². The highest BCUT2D eigenvalue weighted by Crippen LogP contribution is 2.08. The van der Waals surface area contributed by atoms with Crippen LogP contribution in [-0.4, -0.2) is 31.2 Å². The normalized spacial score (nSPS) is 13.6. The summed E-state index contributed by atoms with van der Waals surface area (Å²) >= 11 is 0. The van der Waals surface area contributed by atoms with Gasteiger partial charge in [-0.2, -0.15) is 0 Å². The van der Waals surface area contributed by atoms with Crippen molar-refractivity contribution in [1.82, 2.24) is 5.32 Å². The fourth-order valence-electron chi connectivity index (χ4n) is 1.56. The molecule has 0 aromatic heterocycles. The lowest BCUT2D eigenvalue weighted by Crippen LogP contribution is -2.51. The lowest BCUT2D eigenvalue weighted by Gasteiger charge is -2.22. The van der Waals surface area contributed by atoms with Crippen LogP contribution >= 0.6 is 12.4 Å². The maximum atomic E-state index is 11.7. The maximum absolute atomic E-state index is 11.7. The molecule has 18 heavy (non-hydrogen) atoms. The predicted octanol–water partition coefficient (Wildman–Crippen LogP) is 2.25. The molecule has 0 aliphatic heterocycles. The predicted molar refractivity (Wildman–Crippen MR) is 78.1 cm³/mol. The average molecular weight is 281 g/mol. The van der Waals surface area contributed by atoms with E-state index < -0.39 is 5.54 Å². The summed E-state index contributed by atoms with van der Waals surface area (Å²) in [4.78, 5) is 11.7. The Morgan fingerprint density at radius 3 is 2.39 bits per heavy atom. The number of hydrogen-bond donors (Lipinski definition) is 2. The number of nitrogens with one attached hydrogen (secondary N) is 1. The van der Waals surface area contributed by atoms with Gasteiger partial charge >= 0.3 is 0 Å². The summed E-state index contributed by atoms with van der Waals surface area (Å²) in [6, 6.07) is 0. The van der Waals surface area contributed by atoms with E-state index in [-0.39, 0.29) is 18.3 Å². The van der Waals surface area contributed by atoms with Crippen LogP contribution < -0.4 is 11.1 Å². The molecule has 0 aromatic carbocycles. The second-order valence-electron chi connectivity index (χ2n) is 4.74. The fraction of sp³-hybridized carbons (Fsp3) is 0.923. The van der Waals surface area contributed by atoms with Gasteiger partial charge in [-0.05, 0) is 26.2 Å². The third-order valence-electron chi connectivity index (χ3n) is 2.68. The number of nitrogens with two attached hydrogens (primary N) is 1. The Morgan fingerprint density at radius 1 is 1.22 bits per heavy atom. The topological polar surface area (TPSA) is 64.3 Å². The third kappa shape index (κ3) is 9.68. The van der Waals surface area contributed by atoms with Crippen molar-refractivity contribution in [2.75, 3.05) is 19.8 Å². The summed E-state index contributed by atoms with van der Waals surface area (Å²) in [5.74, 6) is -0.0621. The van der Waals surface area contributed by atoms with Crippen LogP contribution in [0.4, 0.5) is 0 Å². The van der Waals surface area contributed by atoms with Crippen LogP contribution in [0.1, 0.15) is 52.9 Å². The quantitative estimate of drug-likeness (QED) is 0.603. The van der Waals surface area contributed by atoms with E-state index in [4.69, 9.17) is 10.5 Å². The van der Waals surface area contributed by atoms with Gasteiger partial charge in [0.2, 0.25) is 5.91 Å². The van der Waals surface area contributed by atoms with Gasteiger partial charge in [0.05, 0.1) is 5.54 Å². The van der Waals surface area contributed by atoms with Gasteiger partial charge in [-0.1, -0.05) is 26.7 Å². The largest absolute Gasteiger partial charge is 0.381 e.